The van der Waals surface area contributed by atoms with Crippen molar-refractivity contribution in [3.63, 3.8) is 0 Å². The molecule has 0 aromatic heterocycles. The van der Waals surface area contributed by atoms with Gasteiger partial charge in [0.2, 0.25) is 0 Å². The van der Waals surface area contributed by atoms with Gasteiger partial charge in [-0.1, -0.05) is 0 Å². The van der Waals surface area contributed by atoms with Gasteiger partial charge in [0, 0.05) is 13.8 Å². The predicted octanol–water partition coefficient (Wildman–Crippen LogP) is -0.404. The zero-order valence-electron chi connectivity index (χ0n) is 11.4. The van der Waals surface area contributed by atoms with E-state index in [0.717, 1.165) is 0 Å². The van der Waals surface area contributed by atoms with Crippen LogP contribution < -0.4 is 0 Å². The second kappa shape index (κ2) is 6.98. The number of carbonyl (C=O) groups excluding carboxylic acids is 2. The number of ether oxygens (including phenoxy) is 6. The molecule has 2 heterocycles. The standard InChI is InChI=1S/C12H18O8/c1-7(13)19-9-3-15-5-17-11(9)12-10(20-8(2)14)4-16-6-18-12/h9-12H,3-6H2,1-2H3/t9-,10+,11+,12-. The molecule has 2 fully saturated rings. The molecule has 4 atom stereocenters. The third-order valence-corrected chi connectivity index (χ3v) is 2.94. The van der Waals surface area contributed by atoms with Gasteiger partial charge < -0.3 is 28.4 Å². The smallest absolute Gasteiger partial charge is 0.303 e. The van der Waals surface area contributed by atoms with Crippen LogP contribution in [0.15, 0.2) is 0 Å². The van der Waals surface area contributed by atoms with Crippen molar-refractivity contribution >= 4 is 11.9 Å². The first-order valence-electron chi connectivity index (χ1n) is 6.31. The molecule has 2 aliphatic heterocycles. The van der Waals surface area contributed by atoms with Gasteiger partial charge in [-0.05, 0) is 0 Å². The maximum Gasteiger partial charge on any atom is 0.303 e. The van der Waals surface area contributed by atoms with E-state index in [4.69, 9.17) is 28.4 Å². The molecular formula is C12H18O8. The van der Waals surface area contributed by atoms with E-state index in [2.05, 4.69) is 0 Å². The molecule has 2 rings (SSSR count). The van der Waals surface area contributed by atoms with Crippen molar-refractivity contribution in [2.75, 3.05) is 26.8 Å². The molecule has 0 spiro atoms. The Hall–Kier alpha value is -1.22. The summed E-state index contributed by atoms with van der Waals surface area (Å²) in [6.07, 6.45) is -2.35. The summed E-state index contributed by atoms with van der Waals surface area (Å²) in [5.74, 6) is -0.879. The largest absolute Gasteiger partial charge is 0.457 e. The fourth-order valence-corrected chi connectivity index (χ4v) is 2.23. The molecule has 8 nitrogen and oxygen atoms in total. The molecule has 0 radical (unpaired) electrons. The Morgan fingerprint density at radius 3 is 1.60 bits per heavy atom. The van der Waals surface area contributed by atoms with Crippen molar-refractivity contribution in [1.29, 1.82) is 0 Å². The van der Waals surface area contributed by atoms with E-state index < -0.39 is 36.4 Å². The molecule has 2 aliphatic rings. The highest BCUT2D eigenvalue weighted by molar-refractivity contribution is 5.66. The lowest BCUT2D eigenvalue weighted by Crippen LogP contribution is -2.57. The molecule has 114 valence electrons. The van der Waals surface area contributed by atoms with Gasteiger partial charge in [-0.2, -0.15) is 0 Å². The Balaban J connectivity index is 2.07. The SMILES string of the molecule is CC(=O)O[C@H]1COCO[C@H]1[C@H]1OCOC[C@H]1OC(C)=O. The van der Waals surface area contributed by atoms with E-state index in [1.54, 1.807) is 0 Å². The molecule has 2 saturated heterocycles. The quantitative estimate of drug-likeness (QED) is 0.648. The highest BCUT2D eigenvalue weighted by Gasteiger charge is 2.43. The van der Waals surface area contributed by atoms with Crippen LogP contribution in [0.4, 0.5) is 0 Å². The van der Waals surface area contributed by atoms with Gasteiger partial charge >= 0.3 is 11.9 Å². The van der Waals surface area contributed by atoms with E-state index in [1.807, 2.05) is 0 Å². The number of carbonyl (C=O) groups is 2. The van der Waals surface area contributed by atoms with Crippen molar-refractivity contribution in [1.82, 2.24) is 0 Å². The van der Waals surface area contributed by atoms with Crippen LogP contribution >= 0.6 is 0 Å². The average molecular weight is 290 g/mol. The van der Waals surface area contributed by atoms with Crippen molar-refractivity contribution in [3.05, 3.63) is 0 Å². The van der Waals surface area contributed by atoms with Gasteiger partial charge in [-0.25, -0.2) is 0 Å². The lowest BCUT2D eigenvalue weighted by Gasteiger charge is -2.40. The molecule has 0 N–H and O–H groups in total. The van der Waals surface area contributed by atoms with Crippen LogP contribution in [-0.4, -0.2) is 63.2 Å². The Morgan fingerprint density at radius 2 is 1.25 bits per heavy atom. The summed E-state index contributed by atoms with van der Waals surface area (Å²) in [5.41, 5.74) is 0. The first kappa shape index (κ1) is 15.2. The minimum absolute atomic E-state index is 0.0654. The minimum Gasteiger partial charge on any atom is -0.457 e. The van der Waals surface area contributed by atoms with E-state index in [9.17, 15) is 9.59 Å². The zero-order chi connectivity index (χ0) is 14.5. The number of esters is 2. The van der Waals surface area contributed by atoms with Crippen molar-refractivity contribution < 1.29 is 38.0 Å². The second-order valence-electron chi connectivity index (χ2n) is 4.54. The number of rotatable bonds is 3. The van der Waals surface area contributed by atoms with Gasteiger partial charge in [0.05, 0.1) is 13.2 Å². The lowest BCUT2D eigenvalue weighted by atomic mass is 10.0. The van der Waals surface area contributed by atoms with Crippen LogP contribution in [0.5, 0.6) is 0 Å². The molecule has 0 aromatic carbocycles. The van der Waals surface area contributed by atoms with E-state index >= 15 is 0 Å². The highest BCUT2D eigenvalue weighted by Crippen LogP contribution is 2.23. The van der Waals surface area contributed by atoms with E-state index in [-0.39, 0.29) is 26.8 Å². The fraction of sp³-hybridized carbons (Fsp3) is 0.833. The maximum absolute atomic E-state index is 11.1. The molecule has 8 heteroatoms. The van der Waals surface area contributed by atoms with Crippen LogP contribution in [0, 0.1) is 0 Å². The molecule has 0 bridgehead atoms. The topological polar surface area (TPSA) is 89.5 Å². The number of hydrogen-bond acceptors (Lipinski definition) is 8. The zero-order valence-corrected chi connectivity index (χ0v) is 11.4. The summed E-state index contributed by atoms with van der Waals surface area (Å²) in [6, 6.07) is 0. The summed E-state index contributed by atoms with van der Waals surface area (Å²) in [7, 11) is 0. The summed E-state index contributed by atoms with van der Waals surface area (Å²) >= 11 is 0. The molecule has 0 amide bonds. The van der Waals surface area contributed by atoms with Crippen molar-refractivity contribution in [3.8, 4) is 0 Å². The Morgan fingerprint density at radius 1 is 0.850 bits per heavy atom. The first-order valence-corrected chi connectivity index (χ1v) is 6.31. The lowest BCUT2D eigenvalue weighted by molar-refractivity contribution is -0.282. The fourth-order valence-electron chi connectivity index (χ4n) is 2.23. The third kappa shape index (κ3) is 3.89. The van der Waals surface area contributed by atoms with Crippen molar-refractivity contribution in [2.45, 2.75) is 38.3 Å². The molecular weight excluding hydrogens is 272 g/mol. The molecule has 0 unspecified atom stereocenters. The van der Waals surface area contributed by atoms with Gasteiger partial charge in [0.1, 0.15) is 25.8 Å². The monoisotopic (exact) mass is 290 g/mol. The van der Waals surface area contributed by atoms with Gasteiger partial charge in [-0.3, -0.25) is 9.59 Å². The normalized spacial score (nSPS) is 34.3. The summed E-state index contributed by atoms with van der Waals surface area (Å²) in [6.45, 7) is 3.15. The number of hydrogen-bond donors (Lipinski definition) is 0. The molecule has 20 heavy (non-hydrogen) atoms. The summed E-state index contributed by atoms with van der Waals surface area (Å²) < 4.78 is 31.5. The van der Waals surface area contributed by atoms with Crippen LogP contribution in [0.3, 0.4) is 0 Å². The van der Waals surface area contributed by atoms with E-state index in [0.29, 0.717) is 0 Å². The van der Waals surface area contributed by atoms with Gasteiger partial charge in [0.15, 0.2) is 12.2 Å². The Bertz CT molecular complexity index is 323. The summed E-state index contributed by atoms with van der Waals surface area (Å²) in [5, 5.41) is 0. The maximum atomic E-state index is 11.1. The minimum atomic E-state index is -0.609. The third-order valence-electron chi connectivity index (χ3n) is 2.94. The first-order chi connectivity index (χ1) is 9.58. The molecule has 0 aromatic rings. The van der Waals surface area contributed by atoms with Crippen LogP contribution in [-0.2, 0) is 38.0 Å². The second-order valence-corrected chi connectivity index (χ2v) is 4.54. The average Bonchev–Trinajstić information content (AvgIpc) is 2.39. The van der Waals surface area contributed by atoms with Gasteiger partial charge in [-0.15, -0.1) is 0 Å². The summed E-state index contributed by atoms with van der Waals surface area (Å²) in [4.78, 5) is 22.2. The molecule has 0 aliphatic carbocycles. The predicted molar refractivity (Wildman–Crippen MR) is 62.5 cm³/mol. The van der Waals surface area contributed by atoms with Crippen LogP contribution in [0.25, 0.3) is 0 Å². The Labute approximate surface area is 116 Å². The van der Waals surface area contributed by atoms with Gasteiger partial charge in [0.25, 0.3) is 0 Å². The van der Waals surface area contributed by atoms with Crippen molar-refractivity contribution in [2.24, 2.45) is 0 Å². The highest BCUT2D eigenvalue weighted by atomic mass is 16.7. The van der Waals surface area contributed by atoms with E-state index in [1.165, 1.54) is 13.8 Å². The van der Waals surface area contributed by atoms with Crippen LogP contribution in [0.1, 0.15) is 13.8 Å². The molecule has 0 saturated carbocycles. The van der Waals surface area contributed by atoms with Crippen LogP contribution in [0.2, 0.25) is 0 Å². The Kier molecular flexibility index (Phi) is 5.30.